The first-order chi connectivity index (χ1) is 9.66. The topological polar surface area (TPSA) is 12.0 Å². The van der Waals surface area contributed by atoms with E-state index in [1.807, 2.05) is 18.2 Å². The molecule has 0 bridgehead atoms. The molecule has 0 aliphatic heterocycles. The Morgan fingerprint density at radius 2 is 1.71 bits per heavy atom. The quantitative estimate of drug-likeness (QED) is 0.749. The Hall–Kier alpha value is -0.240. The lowest BCUT2D eigenvalue weighted by Crippen LogP contribution is -2.53. The van der Waals surface area contributed by atoms with Gasteiger partial charge in [-0.3, -0.25) is 0 Å². The van der Waals surface area contributed by atoms with E-state index < -0.39 is 0 Å². The van der Waals surface area contributed by atoms with Crippen molar-refractivity contribution in [2.75, 3.05) is 6.54 Å². The SMILES string of the molecule is CC(C)NCC1(c2c(Cl)cccc2Cl)CC(C(C)(C)C)C1. The van der Waals surface area contributed by atoms with Gasteiger partial charge < -0.3 is 5.32 Å². The van der Waals surface area contributed by atoms with Crippen LogP contribution in [0, 0.1) is 11.3 Å². The normalized spacial score (nSPS) is 26.0. The van der Waals surface area contributed by atoms with Crippen LogP contribution in [0.2, 0.25) is 10.0 Å². The van der Waals surface area contributed by atoms with Crippen molar-refractivity contribution in [1.82, 2.24) is 5.32 Å². The second-order valence-electron chi connectivity index (χ2n) is 7.88. The fourth-order valence-electron chi connectivity index (χ4n) is 3.34. The molecule has 0 aromatic heterocycles. The first-order valence-electron chi connectivity index (χ1n) is 7.83. The molecule has 0 unspecified atom stereocenters. The van der Waals surface area contributed by atoms with Gasteiger partial charge in [0.2, 0.25) is 0 Å². The molecule has 1 saturated carbocycles. The van der Waals surface area contributed by atoms with E-state index in [1.54, 1.807) is 0 Å². The summed E-state index contributed by atoms with van der Waals surface area (Å²) < 4.78 is 0. The summed E-state index contributed by atoms with van der Waals surface area (Å²) in [6.07, 6.45) is 2.30. The molecule has 1 N–H and O–H groups in total. The lowest BCUT2D eigenvalue weighted by atomic mass is 9.52. The Bertz CT molecular complexity index is 476. The average Bonchev–Trinajstić information content (AvgIpc) is 2.28. The molecule has 0 amide bonds. The average molecular weight is 328 g/mol. The Labute approximate surface area is 139 Å². The van der Waals surface area contributed by atoms with Crippen molar-refractivity contribution >= 4 is 23.2 Å². The lowest BCUT2D eigenvalue weighted by Gasteiger charge is -2.54. The maximum atomic E-state index is 6.49. The van der Waals surface area contributed by atoms with Crippen molar-refractivity contribution in [1.29, 1.82) is 0 Å². The van der Waals surface area contributed by atoms with Crippen LogP contribution in [0.25, 0.3) is 0 Å². The highest BCUT2D eigenvalue weighted by Gasteiger charge is 2.50. The monoisotopic (exact) mass is 327 g/mol. The molecule has 3 heteroatoms. The summed E-state index contributed by atoms with van der Waals surface area (Å²) in [7, 11) is 0. The van der Waals surface area contributed by atoms with E-state index in [2.05, 4.69) is 39.9 Å². The molecular formula is C18H27Cl2N. The van der Waals surface area contributed by atoms with Gasteiger partial charge in [-0.2, -0.15) is 0 Å². The smallest absolute Gasteiger partial charge is 0.0459 e. The number of hydrogen-bond acceptors (Lipinski definition) is 1. The molecule has 0 spiro atoms. The zero-order valence-corrected chi connectivity index (χ0v) is 15.3. The number of rotatable bonds is 4. The van der Waals surface area contributed by atoms with Crippen molar-refractivity contribution < 1.29 is 0 Å². The van der Waals surface area contributed by atoms with Gasteiger partial charge in [0.25, 0.3) is 0 Å². The van der Waals surface area contributed by atoms with Gasteiger partial charge in [0.05, 0.1) is 0 Å². The third-order valence-corrected chi connectivity index (χ3v) is 5.47. The summed E-state index contributed by atoms with van der Waals surface area (Å²) >= 11 is 13.0. The molecule has 1 aliphatic carbocycles. The van der Waals surface area contributed by atoms with Crippen molar-refractivity contribution in [2.24, 2.45) is 11.3 Å². The molecule has 0 saturated heterocycles. The van der Waals surface area contributed by atoms with Crippen LogP contribution in [-0.2, 0) is 5.41 Å². The van der Waals surface area contributed by atoms with Crippen molar-refractivity contribution in [2.45, 2.75) is 58.9 Å². The van der Waals surface area contributed by atoms with Crippen LogP contribution in [0.5, 0.6) is 0 Å². The standard InChI is InChI=1S/C18H27Cl2N/c1-12(2)21-11-18(9-13(10-18)17(3,4)5)16-14(19)7-6-8-15(16)20/h6-8,12-13,21H,9-11H2,1-5H3. The van der Waals surface area contributed by atoms with Gasteiger partial charge in [0.15, 0.2) is 0 Å². The van der Waals surface area contributed by atoms with E-state index in [-0.39, 0.29) is 5.41 Å². The molecule has 1 fully saturated rings. The van der Waals surface area contributed by atoms with Gasteiger partial charge in [-0.05, 0) is 41.9 Å². The zero-order valence-electron chi connectivity index (χ0n) is 13.8. The number of hydrogen-bond donors (Lipinski definition) is 1. The number of benzene rings is 1. The summed E-state index contributed by atoms with van der Waals surface area (Å²) in [4.78, 5) is 0. The molecule has 1 nitrogen and oxygen atoms in total. The highest BCUT2D eigenvalue weighted by atomic mass is 35.5. The first-order valence-corrected chi connectivity index (χ1v) is 8.59. The Morgan fingerprint density at radius 3 is 2.14 bits per heavy atom. The molecule has 118 valence electrons. The lowest BCUT2D eigenvalue weighted by molar-refractivity contribution is 0.0438. The molecule has 2 rings (SSSR count). The molecule has 0 atom stereocenters. The van der Waals surface area contributed by atoms with Crippen LogP contribution in [0.3, 0.4) is 0 Å². The first kappa shape index (κ1) is 17.1. The fourth-order valence-corrected chi connectivity index (χ4v) is 4.14. The highest BCUT2D eigenvalue weighted by molar-refractivity contribution is 6.36. The minimum Gasteiger partial charge on any atom is -0.314 e. The van der Waals surface area contributed by atoms with Crippen molar-refractivity contribution in [3.63, 3.8) is 0 Å². The third kappa shape index (κ3) is 3.57. The predicted molar refractivity (Wildman–Crippen MR) is 93.5 cm³/mol. The van der Waals surface area contributed by atoms with E-state index in [1.165, 1.54) is 0 Å². The highest BCUT2D eigenvalue weighted by Crippen LogP contribution is 2.56. The van der Waals surface area contributed by atoms with Gasteiger partial charge in [-0.15, -0.1) is 0 Å². The van der Waals surface area contributed by atoms with Gasteiger partial charge in [0, 0.05) is 28.0 Å². The maximum Gasteiger partial charge on any atom is 0.0459 e. The molecule has 1 aromatic carbocycles. The predicted octanol–water partition coefficient (Wildman–Crippen LogP) is 5.69. The Kier molecular flexibility index (Phi) is 4.97. The van der Waals surface area contributed by atoms with Crippen LogP contribution in [-0.4, -0.2) is 12.6 Å². The van der Waals surface area contributed by atoms with Crippen LogP contribution < -0.4 is 5.32 Å². The van der Waals surface area contributed by atoms with Gasteiger partial charge >= 0.3 is 0 Å². The molecule has 0 heterocycles. The van der Waals surface area contributed by atoms with Crippen LogP contribution >= 0.6 is 23.2 Å². The van der Waals surface area contributed by atoms with Crippen molar-refractivity contribution in [3.8, 4) is 0 Å². The molecule has 0 radical (unpaired) electrons. The number of halogens is 2. The summed E-state index contributed by atoms with van der Waals surface area (Å²) in [5, 5.41) is 5.21. The zero-order chi connectivity index (χ0) is 15.8. The maximum absolute atomic E-state index is 6.49. The van der Waals surface area contributed by atoms with E-state index in [0.29, 0.717) is 11.5 Å². The van der Waals surface area contributed by atoms with Crippen LogP contribution in [0.1, 0.15) is 53.0 Å². The second kappa shape index (κ2) is 6.10. The molecule has 21 heavy (non-hydrogen) atoms. The van der Waals surface area contributed by atoms with Gasteiger partial charge in [-0.25, -0.2) is 0 Å². The van der Waals surface area contributed by atoms with Gasteiger partial charge in [0.1, 0.15) is 0 Å². The second-order valence-corrected chi connectivity index (χ2v) is 8.70. The van der Waals surface area contributed by atoms with Gasteiger partial charge in [-0.1, -0.05) is 63.9 Å². The minimum atomic E-state index is 0.0810. The summed E-state index contributed by atoms with van der Waals surface area (Å²) in [5.74, 6) is 0.721. The summed E-state index contributed by atoms with van der Waals surface area (Å²) in [6, 6.07) is 6.32. The molecular weight excluding hydrogens is 301 g/mol. The van der Waals surface area contributed by atoms with E-state index >= 15 is 0 Å². The molecule has 1 aliphatic rings. The van der Waals surface area contributed by atoms with E-state index in [4.69, 9.17) is 23.2 Å². The molecule has 1 aromatic rings. The van der Waals surface area contributed by atoms with Crippen molar-refractivity contribution in [3.05, 3.63) is 33.8 Å². The summed E-state index contributed by atoms with van der Waals surface area (Å²) in [6.45, 7) is 12.3. The summed E-state index contributed by atoms with van der Waals surface area (Å²) in [5.41, 5.74) is 1.56. The fraction of sp³-hybridized carbons (Fsp3) is 0.667. The Morgan fingerprint density at radius 1 is 1.19 bits per heavy atom. The Balaban J connectivity index is 2.31. The van der Waals surface area contributed by atoms with Crippen LogP contribution in [0.15, 0.2) is 18.2 Å². The largest absolute Gasteiger partial charge is 0.314 e. The van der Waals surface area contributed by atoms with E-state index in [9.17, 15) is 0 Å². The van der Waals surface area contributed by atoms with E-state index in [0.717, 1.165) is 40.9 Å². The third-order valence-electron chi connectivity index (χ3n) is 4.84. The number of nitrogens with one attached hydrogen (secondary N) is 1. The van der Waals surface area contributed by atoms with Crippen LogP contribution in [0.4, 0.5) is 0 Å². The minimum absolute atomic E-state index is 0.0810.